The van der Waals surface area contributed by atoms with Crippen LogP contribution in [0.2, 0.25) is 0 Å². The zero-order valence-electron chi connectivity index (χ0n) is 16.5. The van der Waals surface area contributed by atoms with Crippen molar-refractivity contribution in [2.45, 2.75) is 56.9 Å². The summed E-state index contributed by atoms with van der Waals surface area (Å²) in [4.78, 5) is 12.9. The van der Waals surface area contributed by atoms with Crippen LogP contribution in [0.4, 0.5) is 5.69 Å². The van der Waals surface area contributed by atoms with Crippen LogP contribution in [0.5, 0.6) is 0 Å². The molecular weight excluding hydrogens is 372 g/mol. The van der Waals surface area contributed by atoms with Gasteiger partial charge in [-0.05, 0) is 62.1 Å². The van der Waals surface area contributed by atoms with E-state index in [2.05, 4.69) is 5.32 Å². The van der Waals surface area contributed by atoms with Gasteiger partial charge in [0.1, 0.15) is 6.54 Å². The molecule has 0 heterocycles. The zero-order valence-corrected chi connectivity index (χ0v) is 17.3. The molecule has 0 atom stereocenters. The lowest BCUT2D eigenvalue weighted by Crippen LogP contribution is -2.45. The summed E-state index contributed by atoms with van der Waals surface area (Å²) in [6.07, 6.45) is 5.33. The maximum absolute atomic E-state index is 13.3. The first-order valence-electron chi connectivity index (χ1n) is 9.82. The summed E-state index contributed by atoms with van der Waals surface area (Å²) in [5, 5.41) is 3.02. The number of sulfonamides is 1. The average Bonchev–Trinajstić information content (AvgIpc) is 2.70. The third-order valence-electron chi connectivity index (χ3n) is 5.37. The highest BCUT2D eigenvalue weighted by Gasteiger charge is 2.28. The maximum atomic E-state index is 13.3. The Morgan fingerprint density at radius 1 is 1.00 bits per heavy atom. The lowest BCUT2D eigenvalue weighted by atomic mass is 9.95. The fourth-order valence-corrected chi connectivity index (χ4v) is 5.00. The van der Waals surface area contributed by atoms with Gasteiger partial charge in [0.2, 0.25) is 5.91 Å². The number of rotatable bonds is 6. The van der Waals surface area contributed by atoms with Crippen molar-refractivity contribution in [1.29, 1.82) is 0 Å². The summed E-state index contributed by atoms with van der Waals surface area (Å²) in [6, 6.07) is 13.9. The largest absolute Gasteiger partial charge is 0.352 e. The Labute approximate surface area is 167 Å². The van der Waals surface area contributed by atoms with Crippen LogP contribution in [-0.4, -0.2) is 26.9 Å². The van der Waals surface area contributed by atoms with Gasteiger partial charge in [-0.25, -0.2) is 8.42 Å². The molecule has 1 amide bonds. The van der Waals surface area contributed by atoms with Gasteiger partial charge < -0.3 is 5.32 Å². The summed E-state index contributed by atoms with van der Waals surface area (Å²) >= 11 is 0. The first-order chi connectivity index (χ1) is 13.4. The molecule has 1 aliphatic carbocycles. The van der Waals surface area contributed by atoms with Gasteiger partial charge in [-0.3, -0.25) is 9.10 Å². The third kappa shape index (κ3) is 4.73. The first-order valence-corrected chi connectivity index (χ1v) is 11.3. The van der Waals surface area contributed by atoms with Crippen molar-refractivity contribution in [2.75, 3.05) is 10.8 Å². The second kappa shape index (κ2) is 8.78. The smallest absolute Gasteiger partial charge is 0.264 e. The van der Waals surface area contributed by atoms with Crippen molar-refractivity contribution in [2.24, 2.45) is 0 Å². The van der Waals surface area contributed by atoms with Gasteiger partial charge in [0, 0.05) is 6.04 Å². The molecule has 0 aliphatic heterocycles. The maximum Gasteiger partial charge on any atom is 0.264 e. The number of carbonyl (C=O) groups excluding carboxylic acids is 1. The topological polar surface area (TPSA) is 66.5 Å². The number of hydrogen-bond donors (Lipinski definition) is 1. The fourth-order valence-electron chi connectivity index (χ4n) is 3.57. The number of nitrogens with one attached hydrogen (secondary N) is 1. The molecule has 6 heteroatoms. The van der Waals surface area contributed by atoms with Crippen molar-refractivity contribution in [3.8, 4) is 0 Å². The van der Waals surface area contributed by atoms with E-state index in [0.29, 0.717) is 5.69 Å². The molecule has 3 rings (SSSR count). The molecule has 1 saturated carbocycles. The fraction of sp³-hybridized carbons (Fsp3) is 0.409. The number of benzene rings is 2. The van der Waals surface area contributed by atoms with Crippen molar-refractivity contribution in [3.63, 3.8) is 0 Å². The van der Waals surface area contributed by atoms with Gasteiger partial charge in [-0.1, -0.05) is 43.5 Å². The van der Waals surface area contributed by atoms with Crippen LogP contribution >= 0.6 is 0 Å². The standard InChI is InChI=1S/C22H28N2O3S/c1-17-13-14-20(15-18(17)2)24(28(26,27)21-11-7-4-8-12-21)16-22(25)23-19-9-5-3-6-10-19/h4,7-8,11-15,19H,3,5-6,9-10,16H2,1-2H3,(H,23,25). The molecule has 2 aromatic carbocycles. The van der Waals surface area contributed by atoms with E-state index in [1.165, 1.54) is 10.7 Å². The Kier molecular flexibility index (Phi) is 6.39. The molecule has 0 unspecified atom stereocenters. The van der Waals surface area contributed by atoms with Crippen LogP contribution in [-0.2, 0) is 14.8 Å². The molecule has 0 radical (unpaired) electrons. The van der Waals surface area contributed by atoms with E-state index in [-0.39, 0.29) is 23.4 Å². The Morgan fingerprint density at radius 2 is 1.68 bits per heavy atom. The molecule has 5 nitrogen and oxygen atoms in total. The minimum absolute atomic E-state index is 0.141. The molecule has 1 fully saturated rings. The zero-order chi connectivity index (χ0) is 20.1. The lowest BCUT2D eigenvalue weighted by molar-refractivity contribution is -0.120. The van der Waals surface area contributed by atoms with Crippen molar-refractivity contribution >= 4 is 21.6 Å². The number of carbonyl (C=O) groups is 1. The van der Waals surface area contributed by atoms with Crippen LogP contribution in [0.1, 0.15) is 43.2 Å². The molecule has 0 bridgehead atoms. The SMILES string of the molecule is Cc1ccc(N(CC(=O)NC2CCCCC2)S(=O)(=O)c2ccccc2)cc1C. The van der Waals surface area contributed by atoms with Gasteiger partial charge >= 0.3 is 0 Å². The number of amides is 1. The van der Waals surface area contributed by atoms with E-state index >= 15 is 0 Å². The molecular formula is C22H28N2O3S. The summed E-state index contributed by atoms with van der Waals surface area (Å²) in [5.41, 5.74) is 2.57. The molecule has 1 N–H and O–H groups in total. The van der Waals surface area contributed by atoms with E-state index in [0.717, 1.165) is 36.8 Å². The minimum Gasteiger partial charge on any atom is -0.352 e. The van der Waals surface area contributed by atoms with Gasteiger partial charge in [-0.15, -0.1) is 0 Å². The van der Waals surface area contributed by atoms with Gasteiger partial charge in [0.15, 0.2) is 0 Å². The Balaban J connectivity index is 1.90. The number of anilines is 1. The van der Waals surface area contributed by atoms with E-state index in [4.69, 9.17) is 0 Å². The molecule has 150 valence electrons. The second-order valence-corrected chi connectivity index (χ2v) is 9.36. The molecule has 1 aliphatic rings. The van der Waals surface area contributed by atoms with E-state index < -0.39 is 10.0 Å². The van der Waals surface area contributed by atoms with Gasteiger partial charge in [0.25, 0.3) is 10.0 Å². The second-order valence-electron chi connectivity index (χ2n) is 7.50. The predicted molar refractivity (Wildman–Crippen MR) is 112 cm³/mol. The average molecular weight is 401 g/mol. The lowest BCUT2D eigenvalue weighted by Gasteiger charge is -2.27. The Morgan fingerprint density at radius 3 is 2.32 bits per heavy atom. The highest BCUT2D eigenvalue weighted by Crippen LogP contribution is 2.26. The Hall–Kier alpha value is -2.34. The summed E-state index contributed by atoms with van der Waals surface area (Å²) in [7, 11) is -3.85. The van der Waals surface area contributed by atoms with E-state index in [9.17, 15) is 13.2 Å². The summed E-state index contributed by atoms with van der Waals surface area (Å²) in [5.74, 6) is -0.260. The van der Waals surface area contributed by atoms with Crippen LogP contribution in [0.15, 0.2) is 53.4 Å². The number of aryl methyl sites for hydroxylation is 2. The molecule has 2 aromatic rings. The highest BCUT2D eigenvalue weighted by atomic mass is 32.2. The monoisotopic (exact) mass is 400 g/mol. The minimum atomic E-state index is -3.85. The van der Waals surface area contributed by atoms with Crippen molar-refractivity contribution in [1.82, 2.24) is 5.32 Å². The van der Waals surface area contributed by atoms with Gasteiger partial charge in [-0.2, -0.15) is 0 Å². The molecule has 0 saturated heterocycles. The van der Waals surface area contributed by atoms with Crippen LogP contribution in [0, 0.1) is 13.8 Å². The molecule has 0 aromatic heterocycles. The van der Waals surface area contributed by atoms with Crippen LogP contribution in [0.3, 0.4) is 0 Å². The van der Waals surface area contributed by atoms with Crippen LogP contribution < -0.4 is 9.62 Å². The summed E-state index contributed by atoms with van der Waals surface area (Å²) < 4.78 is 27.8. The number of nitrogens with zero attached hydrogens (tertiary/aromatic N) is 1. The van der Waals surface area contributed by atoms with Crippen molar-refractivity contribution < 1.29 is 13.2 Å². The summed E-state index contributed by atoms with van der Waals surface area (Å²) in [6.45, 7) is 3.69. The molecule has 28 heavy (non-hydrogen) atoms. The Bertz CT molecular complexity index is 920. The highest BCUT2D eigenvalue weighted by molar-refractivity contribution is 7.92. The normalized spacial score (nSPS) is 15.2. The quantitative estimate of drug-likeness (QED) is 0.798. The number of hydrogen-bond acceptors (Lipinski definition) is 3. The van der Waals surface area contributed by atoms with E-state index in [1.54, 1.807) is 36.4 Å². The first kappa shape index (κ1) is 20.4. The van der Waals surface area contributed by atoms with Crippen LogP contribution in [0.25, 0.3) is 0 Å². The third-order valence-corrected chi connectivity index (χ3v) is 7.16. The van der Waals surface area contributed by atoms with Gasteiger partial charge in [0.05, 0.1) is 10.6 Å². The molecule has 0 spiro atoms. The van der Waals surface area contributed by atoms with E-state index in [1.807, 2.05) is 26.0 Å². The van der Waals surface area contributed by atoms with Crippen molar-refractivity contribution in [3.05, 3.63) is 59.7 Å². The predicted octanol–water partition coefficient (Wildman–Crippen LogP) is 3.95.